The van der Waals surface area contributed by atoms with Crippen molar-refractivity contribution in [2.75, 3.05) is 42.9 Å². The van der Waals surface area contributed by atoms with Crippen LogP contribution in [0.1, 0.15) is 32.7 Å². The molecule has 0 unspecified atom stereocenters. The van der Waals surface area contributed by atoms with Gasteiger partial charge in [-0.2, -0.15) is 0 Å². The number of rotatable bonds is 5. The van der Waals surface area contributed by atoms with Crippen LogP contribution in [0.15, 0.2) is 109 Å². The number of amides is 3. The Bertz CT molecular complexity index is 1750. The van der Waals surface area contributed by atoms with Gasteiger partial charge in [0.05, 0.1) is 5.69 Å². The highest BCUT2D eigenvalue weighted by Crippen LogP contribution is 2.43. The van der Waals surface area contributed by atoms with Crippen LogP contribution >= 0.6 is 0 Å². The number of piperazine rings is 1. The summed E-state index contributed by atoms with van der Waals surface area (Å²) in [4.78, 5) is 42.8. The van der Waals surface area contributed by atoms with Gasteiger partial charge in [-0.15, -0.1) is 0 Å². The van der Waals surface area contributed by atoms with Crippen LogP contribution in [0.2, 0.25) is 0 Å². The van der Waals surface area contributed by atoms with Gasteiger partial charge in [0.25, 0.3) is 17.7 Å². The molecular weight excluding hydrogens is 574 g/mol. The Hall–Kier alpha value is -5.15. The van der Waals surface area contributed by atoms with Crippen LogP contribution in [0.5, 0.6) is 0 Å². The van der Waals surface area contributed by atoms with E-state index in [1.807, 2.05) is 42.5 Å². The predicted molar refractivity (Wildman–Crippen MR) is 171 cm³/mol. The molecule has 2 aliphatic heterocycles. The highest BCUT2D eigenvalue weighted by molar-refractivity contribution is 6.11. The topological polar surface area (TPSA) is 81.8 Å². The molecule has 7 nitrogen and oxygen atoms in total. The molecule has 45 heavy (non-hydrogen) atoms. The maximum absolute atomic E-state index is 15.6. The molecule has 0 spiro atoms. The number of nitrogens with one attached hydrogen (secondary N) is 2. The average Bonchev–Trinajstić information content (AvgIpc) is 3.19. The Labute approximate surface area is 260 Å². The second-order valence-corrected chi connectivity index (χ2v) is 11.0. The number of para-hydroxylation sites is 1. The zero-order valence-electron chi connectivity index (χ0n) is 24.5. The van der Waals surface area contributed by atoms with Crippen molar-refractivity contribution in [1.29, 1.82) is 0 Å². The molecule has 9 heteroatoms. The Morgan fingerprint density at radius 2 is 1.40 bits per heavy atom. The fraction of sp³-hybridized carbons (Fsp3) is 0.194. The van der Waals surface area contributed by atoms with Crippen LogP contribution < -0.4 is 15.5 Å². The number of carbonyl (C=O) groups excluding carboxylic acids is 3. The van der Waals surface area contributed by atoms with Gasteiger partial charge in [0.15, 0.2) is 0 Å². The Kier molecular flexibility index (Phi) is 8.53. The number of fused-ring (bicyclic) bond motifs is 1. The standard InChI is InChI=1S/C36H32F2N4O3/c37-36(38)18-21-42(32-13-7-6-12-30(32)31(36)24-33(43)41-22-19-39-20-23-41)35(45)26-14-16-27(17-15-26)40-34(44)29-11-5-4-10-28(29)25-8-2-1-3-9-25/h1-17,24,39H,18-23H2,(H,40,44). The van der Waals surface area contributed by atoms with Gasteiger partial charge in [0.1, 0.15) is 0 Å². The van der Waals surface area contributed by atoms with Crippen LogP contribution in [-0.4, -0.2) is 61.3 Å². The van der Waals surface area contributed by atoms with Crippen LogP contribution in [0.25, 0.3) is 16.7 Å². The number of nitrogens with zero attached hydrogens (tertiary/aromatic N) is 2. The first kappa shape index (κ1) is 29.9. The van der Waals surface area contributed by atoms with E-state index in [4.69, 9.17) is 0 Å². The Balaban J connectivity index is 1.23. The second-order valence-electron chi connectivity index (χ2n) is 11.0. The molecule has 0 bridgehead atoms. The van der Waals surface area contributed by atoms with Gasteiger partial charge in [-0.1, -0.05) is 66.7 Å². The summed E-state index contributed by atoms with van der Waals surface area (Å²) in [5.74, 6) is -4.55. The molecule has 1 saturated heterocycles. The van der Waals surface area contributed by atoms with Crippen molar-refractivity contribution in [1.82, 2.24) is 10.2 Å². The molecule has 3 amide bonds. The van der Waals surface area contributed by atoms with Crippen molar-refractivity contribution in [3.05, 3.63) is 126 Å². The molecule has 0 aliphatic carbocycles. The summed E-state index contributed by atoms with van der Waals surface area (Å²) in [7, 11) is 0. The minimum atomic E-state index is -3.32. The molecule has 1 fully saturated rings. The zero-order valence-corrected chi connectivity index (χ0v) is 24.5. The van der Waals surface area contributed by atoms with Crippen LogP contribution in [0, 0.1) is 0 Å². The van der Waals surface area contributed by atoms with E-state index in [-0.39, 0.29) is 29.2 Å². The van der Waals surface area contributed by atoms with Gasteiger partial charge in [-0.05, 0) is 47.5 Å². The van der Waals surface area contributed by atoms with E-state index in [9.17, 15) is 14.4 Å². The lowest BCUT2D eigenvalue weighted by Crippen LogP contribution is -2.46. The first-order valence-corrected chi connectivity index (χ1v) is 14.9. The number of anilines is 2. The number of allylic oxidation sites excluding steroid dienone is 1. The summed E-state index contributed by atoms with van der Waals surface area (Å²) < 4.78 is 31.2. The third-order valence-electron chi connectivity index (χ3n) is 8.12. The normalized spacial score (nSPS) is 16.9. The Morgan fingerprint density at radius 1 is 0.756 bits per heavy atom. The van der Waals surface area contributed by atoms with Gasteiger partial charge in [-0.25, -0.2) is 8.78 Å². The van der Waals surface area contributed by atoms with E-state index in [0.717, 1.165) is 17.2 Å². The number of halogens is 2. The van der Waals surface area contributed by atoms with Crippen LogP contribution in [-0.2, 0) is 4.79 Å². The molecule has 0 radical (unpaired) electrons. The number of benzene rings is 4. The molecular formula is C36H32F2N4O3. The highest BCUT2D eigenvalue weighted by atomic mass is 19.3. The maximum Gasteiger partial charge on any atom is 0.275 e. The fourth-order valence-electron chi connectivity index (χ4n) is 5.74. The van der Waals surface area contributed by atoms with Crippen LogP contribution in [0.4, 0.5) is 20.2 Å². The van der Waals surface area contributed by atoms with E-state index in [2.05, 4.69) is 10.6 Å². The van der Waals surface area contributed by atoms with Crippen molar-refractivity contribution in [3.63, 3.8) is 0 Å². The molecule has 0 atom stereocenters. The number of hydrogen-bond acceptors (Lipinski definition) is 4. The SMILES string of the molecule is O=C(Nc1ccc(C(=O)N2CCC(F)(F)C(=CC(=O)N3CCNCC3)c3ccccc32)cc1)c1ccccc1-c1ccccc1. The number of carbonyl (C=O) groups is 3. The van der Waals surface area contributed by atoms with Gasteiger partial charge in [0.2, 0.25) is 5.91 Å². The minimum Gasteiger partial charge on any atom is -0.337 e. The quantitative estimate of drug-likeness (QED) is 0.269. The summed E-state index contributed by atoms with van der Waals surface area (Å²) in [5.41, 5.74) is 3.06. The van der Waals surface area contributed by atoms with E-state index in [0.29, 0.717) is 43.1 Å². The van der Waals surface area contributed by atoms with E-state index in [1.54, 1.807) is 59.5 Å². The van der Waals surface area contributed by atoms with E-state index >= 15 is 8.78 Å². The summed E-state index contributed by atoms with van der Waals surface area (Å²) in [6.45, 7) is 1.85. The second kappa shape index (κ2) is 12.8. The van der Waals surface area contributed by atoms with Crippen molar-refractivity contribution in [2.45, 2.75) is 12.3 Å². The van der Waals surface area contributed by atoms with Crippen molar-refractivity contribution in [3.8, 4) is 11.1 Å². The first-order valence-electron chi connectivity index (χ1n) is 14.9. The van der Waals surface area contributed by atoms with Gasteiger partial charge in [0, 0.05) is 73.2 Å². The third-order valence-corrected chi connectivity index (χ3v) is 8.12. The first-order chi connectivity index (χ1) is 21.8. The maximum atomic E-state index is 15.6. The van der Waals surface area contributed by atoms with Crippen molar-refractivity contribution in [2.24, 2.45) is 0 Å². The summed E-state index contributed by atoms with van der Waals surface area (Å²) in [6, 6.07) is 29.7. The molecule has 228 valence electrons. The average molecular weight is 607 g/mol. The smallest absolute Gasteiger partial charge is 0.275 e. The van der Waals surface area contributed by atoms with Crippen molar-refractivity contribution >= 4 is 34.7 Å². The highest BCUT2D eigenvalue weighted by Gasteiger charge is 2.41. The number of hydrogen-bond donors (Lipinski definition) is 2. The molecule has 4 aromatic rings. The summed E-state index contributed by atoms with van der Waals surface area (Å²) in [6.07, 6.45) is 0.397. The minimum absolute atomic E-state index is 0.151. The zero-order chi connectivity index (χ0) is 31.4. The van der Waals surface area contributed by atoms with Crippen molar-refractivity contribution < 1.29 is 23.2 Å². The van der Waals surface area contributed by atoms with Gasteiger partial charge < -0.3 is 20.4 Å². The van der Waals surface area contributed by atoms with E-state index < -0.39 is 24.2 Å². The lowest BCUT2D eigenvalue weighted by Gasteiger charge is -2.27. The summed E-state index contributed by atoms with van der Waals surface area (Å²) >= 11 is 0. The molecule has 2 aliphatic rings. The lowest BCUT2D eigenvalue weighted by molar-refractivity contribution is -0.126. The fourth-order valence-corrected chi connectivity index (χ4v) is 5.74. The van der Waals surface area contributed by atoms with Crippen LogP contribution in [0.3, 0.4) is 0 Å². The largest absolute Gasteiger partial charge is 0.337 e. The lowest BCUT2D eigenvalue weighted by atomic mass is 9.96. The predicted octanol–water partition coefficient (Wildman–Crippen LogP) is 6.11. The van der Waals surface area contributed by atoms with Gasteiger partial charge >= 0.3 is 0 Å². The molecule has 2 N–H and O–H groups in total. The van der Waals surface area contributed by atoms with Gasteiger partial charge in [-0.3, -0.25) is 14.4 Å². The molecule has 6 rings (SSSR count). The molecule has 0 aromatic heterocycles. The summed E-state index contributed by atoms with van der Waals surface area (Å²) in [5, 5.41) is 6.04. The molecule has 0 saturated carbocycles. The third kappa shape index (κ3) is 6.39. The number of alkyl halides is 2. The van der Waals surface area contributed by atoms with E-state index in [1.165, 1.54) is 11.0 Å². The molecule has 2 heterocycles. The molecule has 4 aromatic carbocycles. The Morgan fingerprint density at radius 3 is 2.13 bits per heavy atom. The monoisotopic (exact) mass is 606 g/mol.